The number of rotatable bonds is 1. The van der Waals surface area contributed by atoms with Crippen molar-refractivity contribution >= 4 is 22.4 Å². The highest BCUT2D eigenvalue weighted by Crippen LogP contribution is 2.45. The maximum Gasteiger partial charge on any atom is 0.154 e. The summed E-state index contributed by atoms with van der Waals surface area (Å²) in [5, 5.41) is 10.8. The fourth-order valence-corrected chi connectivity index (χ4v) is 4.03. The van der Waals surface area contributed by atoms with Gasteiger partial charge in [-0.3, -0.25) is 0 Å². The van der Waals surface area contributed by atoms with Crippen LogP contribution in [-0.4, -0.2) is 9.67 Å². The average molecular weight is 305 g/mol. The second kappa shape index (κ2) is 5.11. The van der Waals surface area contributed by atoms with E-state index < -0.39 is 0 Å². The number of hydrogen-bond acceptors (Lipinski definition) is 2. The lowest BCUT2D eigenvalue weighted by atomic mass is 10.1. The molecule has 0 saturated heterocycles. The molecule has 0 aliphatic carbocycles. The van der Waals surface area contributed by atoms with Crippen molar-refractivity contribution in [2.24, 2.45) is 0 Å². The first-order valence-electron chi connectivity index (χ1n) is 7.20. The molecule has 1 N–H and O–H groups in total. The molecule has 4 rings (SSSR count). The van der Waals surface area contributed by atoms with E-state index >= 15 is 0 Å². The summed E-state index contributed by atoms with van der Waals surface area (Å²) in [5.41, 5.74) is 4.21. The summed E-state index contributed by atoms with van der Waals surface area (Å²) in [6, 6.07) is 20.3. The Morgan fingerprint density at radius 1 is 0.909 bits per heavy atom. The number of para-hydroxylation sites is 1. The highest BCUT2D eigenvalue weighted by atomic mass is 32.2. The summed E-state index contributed by atoms with van der Waals surface area (Å²) in [6.07, 6.45) is 2.01. The van der Waals surface area contributed by atoms with Gasteiger partial charge in [0.1, 0.15) is 0 Å². The van der Waals surface area contributed by atoms with Crippen LogP contribution in [0.4, 0.5) is 0 Å². The third-order valence-corrected chi connectivity index (χ3v) is 5.08. The molecule has 2 nitrogen and oxygen atoms in total. The molecule has 0 spiro atoms. The third-order valence-electron chi connectivity index (χ3n) is 3.90. The van der Waals surface area contributed by atoms with Gasteiger partial charge in [-0.2, -0.15) is 0 Å². The second-order valence-corrected chi connectivity index (χ2v) is 6.38. The molecular formula is C19H15NOS. The van der Waals surface area contributed by atoms with E-state index in [-0.39, 0.29) is 0 Å². The Hall–Kier alpha value is -2.39. The van der Waals surface area contributed by atoms with Crippen LogP contribution in [0.5, 0.6) is 0 Å². The van der Waals surface area contributed by atoms with Gasteiger partial charge in [0.15, 0.2) is 5.76 Å². The van der Waals surface area contributed by atoms with Gasteiger partial charge in [0.05, 0.1) is 16.3 Å². The molecule has 1 aromatic heterocycles. The van der Waals surface area contributed by atoms with Crippen LogP contribution in [0.15, 0.2) is 71.8 Å². The molecule has 2 heterocycles. The van der Waals surface area contributed by atoms with Gasteiger partial charge in [0, 0.05) is 11.1 Å². The molecule has 22 heavy (non-hydrogen) atoms. The lowest BCUT2D eigenvalue weighted by molar-refractivity contribution is 0.510. The van der Waals surface area contributed by atoms with E-state index in [1.54, 1.807) is 11.8 Å². The van der Waals surface area contributed by atoms with Crippen LogP contribution in [0.25, 0.3) is 16.4 Å². The minimum atomic E-state index is 0.330. The maximum atomic E-state index is 10.8. The predicted molar refractivity (Wildman–Crippen MR) is 92.2 cm³/mol. The average Bonchev–Trinajstić information content (AvgIpc) is 2.98. The molecule has 3 heteroatoms. The summed E-state index contributed by atoms with van der Waals surface area (Å²) < 4.78 is 2.07. The first-order valence-corrected chi connectivity index (χ1v) is 8.01. The van der Waals surface area contributed by atoms with E-state index in [9.17, 15) is 5.11 Å². The summed E-state index contributed by atoms with van der Waals surface area (Å²) in [7, 11) is 0. The normalized spacial score (nSPS) is 13.5. The van der Waals surface area contributed by atoms with Crippen LogP contribution < -0.4 is 0 Å². The highest BCUT2D eigenvalue weighted by Gasteiger charge is 2.23. The molecule has 0 bridgehead atoms. The predicted octanol–water partition coefficient (Wildman–Crippen LogP) is 5.28. The molecule has 0 saturated carbocycles. The lowest BCUT2D eigenvalue weighted by Gasteiger charge is -2.12. The molecular weight excluding hydrogens is 290 g/mol. The van der Waals surface area contributed by atoms with Crippen LogP contribution in [0.2, 0.25) is 0 Å². The van der Waals surface area contributed by atoms with Crippen LogP contribution in [0.3, 0.4) is 0 Å². The van der Waals surface area contributed by atoms with Crippen molar-refractivity contribution in [1.29, 1.82) is 0 Å². The molecule has 0 fully saturated rings. The number of hydrogen-bond donors (Lipinski definition) is 1. The zero-order valence-electron chi connectivity index (χ0n) is 12.2. The Morgan fingerprint density at radius 3 is 2.55 bits per heavy atom. The first kappa shape index (κ1) is 13.3. The molecule has 0 atom stereocenters. The van der Waals surface area contributed by atoms with Crippen molar-refractivity contribution in [2.75, 3.05) is 0 Å². The van der Waals surface area contributed by atoms with E-state index in [0.29, 0.717) is 5.76 Å². The van der Waals surface area contributed by atoms with Gasteiger partial charge >= 0.3 is 0 Å². The smallest absolute Gasteiger partial charge is 0.154 e. The summed E-state index contributed by atoms with van der Waals surface area (Å²) in [5.74, 6) is 0.330. The van der Waals surface area contributed by atoms with Gasteiger partial charge in [-0.05, 0) is 36.2 Å². The lowest BCUT2D eigenvalue weighted by Crippen LogP contribution is -2.00. The third kappa shape index (κ3) is 1.97. The number of fused-ring (bicyclic) bond motifs is 3. The van der Waals surface area contributed by atoms with E-state index in [4.69, 9.17) is 0 Å². The molecule has 0 unspecified atom stereocenters. The molecule has 2 aromatic carbocycles. The van der Waals surface area contributed by atoms with Gasteiger partial charge in [0.25, 0.3) is 0 Å². The van der Waals surface area contributed by atoms with E-state index in [0.717, 1.165) is 26.7 Å². The van der Waals surface area contributed by atoms with Gasteiger partial charge in [-0.25, -0.2) is 0 Å². The van der Waals surface area contributed by atoms with Crippen LogP contribution in [0, 0.1) is 6.92 Å². The zero-order valence-corrected chi connectivity index (χ0v) is 13.0. The highest BCUT2D eigenvalue weighted by molar-refractivity contribution is 8.08. The van der Waals surface area contributed by atoms with Gasteiger partial charge in [-0.1, -0.05) is 54.2 Å². The molecule has 3 aromatic rings. The fourth-order valence-electron chi connectivity index (χ4n) is 2.85. The van der Waals surface area contributed by atoms with Crippen molar-refractivity contribution in [2.45, 2.75) is 11.8 Å². The number of nitrogens with zero attached hydrogens (tertiary/aromatic N) is 1. The Kier molecular flexibility index (Phi) is 3.09. The van der Waals surface area contributed by atoms with Crippen LogP contribution >= 0.6 is 11.8 Å². The number of aromatic nitrogens is 1. The Labute approximate surface area is 133 Å². The molecule has 1 aliphatic rings. The Balaban J connectivity index is 2.03. The van der Waals surface area contributed by atoms with Crippen LogP contribution in [0.1, 0.15) is 16.8 Å². The first-order chi connectivity index (χ1) is 10.8. The molecule has 1 aliphatic heterocycles. The van der Waals surface area contributed by atoms with Crippen molar-refractivity contribution in [3.8, 4) is 5.69 Å². The number of thioether (sulfide) groups is 1. The standard InChI is InChI=1S/C19H15NOS/c1-13-7-5-11-16-17(13)20-12-6-10-15(20)18(21)19(22-16)14-8-3-2-4-9-14/h2-12,21H,1H3. The number of aryl methyl sites for hydroxylation is 1. The van der Waals surface area contributed by atoms with Crippen LogP contribution in [-0.2, 0) is 0 Å². The van der Waals surface area contributed by atoms with Crippen molar-refractivity contribution in [3.05, 3.63) is 83.7 Å². The SMILES string of the molecule is Cc1cccc2c1-n1cccc1C(O)=C(c1ccccc1)S2. The monoisotopic (exact) mass is 305 g/mol. The number of aliphatic hydroxyl groups is 1. The van der Waals surface area contributed by atoms with Crippen molar-refractivity contribution in [1.82, 2.24) is 4.57 Å². The number of aliphatic hydroxyl groups excluding tert-OH is 1. The molecule has 0 amide bonds. The molecule has 108 valence electrons. The minimum Gasteiger partial charge on any atom is -0.505 e. The quantitative estimate of drug-likeness (QED) is 0.662. The fraction of sp³-hybridized carbons (Fsp3) is 0.0526. The second-order valence-electron chi connectivity index (χ2n) is 5.33. The summed E-state index contributed by atoms with van der Waals surface area (Å²) >= 11 is 1.62. The van der Waals surface area contributed by atoms with E-state index in [1.165, 1.54) is 5.56 Å². The maximum absolute atomic E-state index is 10.8. The summed E-state index contributed by atoms with van der Waals surface area (Å²) in [6.45, 7) is 2.10. The summed E-state index contributed by atoms with van der Waals surface area (Å²) in [4.78, 5) is 2.05. The topological polar surface area (TPSA) is 25.2 Å². The van der Waals surface area contributed by atoms with E-state index in [1.807, 2.05) is 48.7 Å². The van der Waals surface area contributed by atoms with Crippen molar-refractivity contribution < 1.29 is 5.11 Å². The van der Waals surface area contributed by atoms with Gasteiger partial charge in [-0.15, -0.1) is 0 Å². The van der Waals surface area contributed by atoms with Gasteiger partial charge in [0.2, 0.25) is 0 Å². The largest absolute Gasteiger partial charge is 0.505 e. The number of benzene rings is 2. The zero-order chi connectivity index (χ0) is 15.1. The van der Waals surface area contributed by atoms with Crippen molar-refractivity contribution in [3.63, 3.8) is 0 Å². The van der Waals surface area contributed by atoms with Gasteiger partial charge < -0.3 is 9.67 Å². The Bertz CT molecular complexity index is 877. The Morgan fingerprint density at radius 2 is 1.73 bits per heavy atom. The minimum absolute atomic E-state index is 0.330. The van der Waals surface area contributed by atoms with E-state index in [2.05, 4.69) is 29.7 Å². The molecule has 0 radical (unpaired) electrons.